The van der Waals surface area contributed by atoms with E-state index in [0.717, 1.165) is 12.0 Å². The molecule has 106 valence electrons. The second-order valence-electron chi connectivity index (χ2n) is 5.71. The summed E-state index contributed by atoms with van der Waals surface area (Å²) in [5.74, 6) is -0.300. The Balaban J connectivity index is 1.83. The quantitative estimate of drug-likeness (QED) is 0.738. The van der Waals surface area contributed by atoms with Gasteiger partial charge >= 0.3 is 11.9 Å². The molecule has 1 saturated heterocycles. The Morgan fingerprint density at radius 1 is 1.15 bits per heavy atom. The molecule has 1 aromatic rings. The van der Waals surface area contributed by atoms with Crippen LogP contribution in [0.2, 0.25) is 0 Å². The molecule has 1 aromatic carbocycles. The molecule has 1 aliphatic heterocycles. The summed E-state index contributed by atoms with van der Waals surface area (Å²) >= 11 is 0. The fourth-order valence-corrected chi connectivity index (χ4v) is 3.17. The van der Waals surface area contributed by atoms with E-state index in [2.05, 4.69) is 0 Å². The van der Waals surface area contributed by atoms with Crippen LogP contribution in [-0.4, -0.2) is 24.6 Å². The summed E-state index contributed by atoms with van der Waals surface area (Å²) in [6.07, 6.45) is 1.21. The van der Waals surface area contributed by atoms with E-state index in [4.69, 9.17) is 9.47 Å². The van der Waals surface area contributed by atoms with Gasteiger partial charge in [-0.15, -0.1) is 0 Å². The Kier molecular flexibility index (Phi) is 3.24. The van der Waals surface area contributed by atoms with Gasteiger partial charge < -0.3 is 9.47 Å². The van der Waals surface area contributed by atoms with Crippen molar-refractivity contribution in [2.75, 3.05) is 6.61 Å². The summed E-state index contributed by atoms with van der Waals surface area (Å²) in [6.45, 7) is 1.96. The van der Waals surface area contributed by atoms with Crippen LogP contribution in [0.4, 0.5) is 0 Å². The molecule has 0 radical (unpaired) electrons. The van der Waals surface area contributed by atoms with Gasteiger partial charge in [0.1, 0.15) is 12.7 Å². The number of ether oxygens (including phenoxy) is 2. The molecule has 3 rings (SSSR count). The maximum absolute atomic E-state index is 12.4. The topological polar surface area (TPSA) is 52.6 Å². The van der Waals surface area contributed by atoms with Crippen LogP contribution in [0, 0.1) is 5.41 Å². The van der Waals surface area contributed by atoms with Gasteiger partial charge in [-0.2, -0.15) is 0 Å². The van der Waals surface area contributed by atoms with Gasteiger partial charge in [0.2, 0.25) is 0 Å². The van der Waals surface area contributed by atoms with E-state index in [1.165, 1.54) is 0 Å². The fourth-order valence-electron chi connectivity index (χ4n) is 3.17. The molecule has 0 aromatic heterocycles. The Morgan fingerprint density at radius 2 is 1.90 bits per heavy atom. The number of cyclic esters (lactones) is 2. The minimum Gasteiger partial charge on any atom is -0.465 e. The molecule has 4 heteroatoms. The molecule has 0 N–H and O–H groups in total. The average Bonchev–Trinajstić information content (AvgIpc) is 3.13. The van der Waals surface area contributed by atoms with Gasteiger partial charge in [-0.05, 0) is 18.9 Å². The van der Waals surface area contributed by atoms with Crippen molar-refractivity contribution in [3.63, 3.8) is 0 Å². The maximum Gasteiger partial charge on any atom is 0.312 e. The zero-order valence-electron chi connectivity index (χ0n) is 11.5. The number of carbonyl (C=O) groups is 2. The Labute approximate surface area is 118 Å². The Hall–Kier alpha value is -1.84. The van der Waals surface area contributed by atoms with E-state index in [-0.39, 0.29) is 37.0 Å². The maximum atomic E-state index is 12.4. The van der Waals surface area contributed by atoms with Crippen LogP contribution in [0.5, 0.6) is 0 Å². The molecule has 20 heavy (non-hydrogen) atoms. The Bertz CT molecular complexity index is 525. The molecule has 1 saturated carbocycles. The second kappa shape index (κ2) is 4.93. The summed E-state index contributed by atoms with van der Waals surface area (Å²) in [5.41, 5.74) is 0.646. The van der Waals surface area contributed by atoms with Crippen LogP contribution < -0.4 is 0 Å². The first-order valence-electron chi connectivity index (χ1n) is 7.03. The minimum absolute atomic E-state index is 0.119. The van der Waals surface area contributed by atoms with E-state index >= 15 is 0 Å². The van der Waals surface area contributed by atoms with E-state index < -0.39 is 5.41 Å². The van der Waals surface area contributed by atoms with Crippen molar-refractivity contribution < 1.29 is 19.1 Å². The highest BCUT2D eigenvalue weighted by molar-refractivity contribution is 5.83. The highest BCUT2D eigenvalue weighted by Crippen LogP contribution is 2.63. The van der Waals surface area contributed by atoms with Gasteiger partial charge in [-0.25, -0.2) is 0 Å². The van der Waals surface area contributed by atoms with Gasteiger partial charge in [-0.3, -0.25) is 9.59 Å². The van der Waals surface area contributed by atoms with Gasteiger partial charge in [0.05, 0.1) is 11.8 Å². The lowest BCUT2D eigenvalue weighted by atomic mass is 9.93. The van der Waals surface area contributed by atoms with E-state index in [1.54, 1.807) is 0 Å². The Morgan fingerprint density at radius 3 is 2.65 bits per heavy atom. The summed E-state index contributed by atoms with van der Waals surface area (Å²) in [6, 6.07) is 9.99. The third kappa shape index (κ3) is 2.30. The molecule has 1 spiro atoms. The highest BCUT2D eigenvalue weighted by Gasteiger charge is 2.62. The second-order valence-corrected chi connectivity index (χ2v) is 5.71. The molecule has 1 aliphatic carbocycles. The lowest BCUT2D eigenvalue weighted by Gasteiger charge is -2.18. The number of hydrogen-bond acceptors (Lipinski definition) is 4. The number of benzene rings is 1. The molecule has 3 atom stereocenters. The van der Waals surface area contributed by atoms with E-state index in [9.17, 15) is 9.59 Å². The van der Waals surface area contributed by atoms with Crippen LogP contribution in [0.25, 0.3) is 0 Å². The third-order valence-electron chi connectivity index (χ3n) is 4.21. The van der Waals surface area contributed by atoms with Crippen molar-refractivity contribution in [3.8, 4) is 0 Å². The average molecular weight is 274 g/mol. The minimum atomic E-state index is -0.509. The monoisotopic (exact) mass is 274 g/mol. The normalized spacial score (nSPS) is 33.6. The third-order valence-corrected chi connectivity index (χ3v) is 4.21. The standard InChI is InChI=1S/C16H18O4/c1-11-9-16(15(18)19-8-7-14(17)20-11)10-13(16)12-5-3-2-4-6-12/h2-6,11,13H,7-10H2,1H3/t11-,13-,16+/m0/s1. The number of rotatable bonds is 1. The van der Waals surface area contributed by atoms with Crippen molar-refractivity contribution in [2.24, 2.45) is 5.41 Å². The number of hydrogen-bond donors (Lipinski definition) is 0. The van der Waals surface area contributed by atoms with Crippen molar-refractivity contribution in [3.05, 3.63) is 35.9 Å². The summed E-state index contributed by atoms with van der Waals surface area (Å²) in [7, 11) is 0. The predicted octanol–water partition coefficient (Wildman–Crippen LogP) is 2.43. The summed E-state index contributed by atoms with van der Waals surface area (Å²) < 4.78 is 10.6. The van der Waals surface area contributed by atoms with Gasteiger partial charge in [-0.1, -0.05) is 30.3 Å². The van der Waals surface area contributed by atoms with Crippen LogP contribution in [0.3, 0.4) is 0 Å². The zero-order valence-corrected chi connectivity index (χ0v) is 11.5. The number of esters is 2. The van der Waals surface area contributed by atoms with Crippen molar-refractivity contribution in [1.82, 2.24) is 0 Å². The molecule has 2 fully saturated rings. The molecule has 1 heterocycles. The predicted molar refractivity (Wildman–Crippen MR) is 72.0 cm³/mol. The first-order valence-corrected chi connectivity index (χ1v) is 7.03. The van der Waals surface area contributed by atoms with Crippen molar-refractivity contribution >= 4 is 11.9 Å². The SMILES string of the molecule is C[C@H]1C[C@]2(C[C@H]2c2ccccc2)C(=O)OCCC(=O)O1. The lowest BCUT2D eigenvalue weighted by molar-refractivity contribution is -0.150. The zero-order chi connectivity index (χ0) is 14.2. The lowest BCUT2D eigenvalue weighted by Crippen LogP contribution is -2.25. The molecule has 2 aliphatic rings. The smallest absolute Gasteiger partial charge is 0.312 e. The molecule has 0 unspecified atom stereocenters. The van der Waals surface area contributed by atoms with Crippen molar-refractivity contribution in [2.45, 2.75) is 38.2 Å². The van der Waals surface area contributed by atoms with Gasteiger partial charge in [0.25, 0.3) is 0 Å². The highest BCUT2D eigenvalue weighted by atomic mass is 16.6. The molecule has 0 amide bonds. The number of carbonyl (C=O) groups excluding carboxylic acids is 2. The largest absolute Gasteiger partial charge is 0.465 e. The van der Waals surface area contributed by atoms with Crippen LogP contribution in [0.15, 0.2) is 30.3 Å². The van der Waals surface area contributed by atoms with Gasteiger partial charge in [0.15, 0.2) is 0 Å². The fraction of sp³-hybridized carbons (Fsp3) is 0.500. The van der Waals surface area contributed by atoms with Gasteiger partial charge in [0, 0.05) is 12.3 Å². The molecular weight excluding hydrogens is 256 g/mol. The van der Waals surface area contributed by atoms with E-state index in [0.29, 0.717) is 6.42 Å². The van der Waals surface area contributed by atoms with Crippen LogP contribution in [-0.2, 0) is 19.1 Å². The molecule has 4 nitrogen and oxygen atoms in total. The van der Waals surface area contributed by atoms with Crippen LogP contribution >= 0.6 is 0 Å². The first-order chi connectivity index (χ1) is 9.62. The van der Waals surface area contributed by atoms with E-state index in [1.807, 2.05) is 37.3 Å². The summed E-state index contributed by atoms with van der Waals surface area (Å²) in [5, 5.41) is 0. The first kappa shape index (κ1) is 13.2. The van der Waals surface area contributed by atoms with Crippen molar-refractivity contribution in [1.29, 1.82) is 0 Å². The summed E-state index contributed by atoms with van der Waals surface area (Å²) in [4.78, 5) is 23.8. The van der Waals surface area contributed by atoms with Crippen LogP contribution in [0.1, 0.15) is 37.7 Å². The molecular formula is C16H18O4. The molecule has 0 bridgehead atoms.